The molecule has 1 fully saturated rings. The number of hydrogen-bond donors (Lipinski definition) is 3. The van der Waals surface area contributed by atoms with Crippen LogP contribution in [0.2, 0.25) is 0 Å². The number of aliphatic hydroxyl groups excluding tert-OH is 1. The van der Waals surface area contributed by atoms with Gasteiger partial charge in [-0.2, -0.15) is 0 Å². The number of aromatic hydroxyl groups is 1. The van der Waals surface area contributed by atoms with Crippen LogP contribution in [0.4, 0.5) is 5.69 Å². The molecule has 19 heavy (non-hydrogen) atoms. The van der Waals surface area contributed by atoms with Gasteiger partial charge in [0.1, 0.15) is 5.75 Å². The van der Waals surface area contributed by atoms with E-state index in [2.05, 4.69) is 0 Å². The normalized spacial score (nSPS) is 19.2. The molecule has 0 saturated carbocycles. The lowest BCUT2D eigenvalue weighted by Gasteiger charge is -2.21. The molecule has 0 radical (unpaired) electrons. The van der Waals surface area contributed by atoms with Gasteiger partial charge in [0.25, 0.3) is 0 Å². The molecule has 1 amide bonds. The summed E-state index contributed by atoms with van der Waals surface area (Å²) < 4.78 is 0. The lowest BCUT2D eigenvalue weighted by molar-refractivity contribution is -0.127. The summed E-state index contributed by atoms with van der Waals surface area (Å²) in [6, 6.07) is 4.51. The van der Waals surface area contributed by atoms with Crippen molar-refractivity contribution >= 4 is 17.7 Å². The van der Waals surface area contributed by atoms with Crippen LogP contribution < -0.4 is 5.73 Å². The zero-order valence-electron chi connectivity index (χ0n) is 10.6. The minimum atomic E-state index is -0.140. The van der Waals surface area contributed by atoms with Gasteiger partial charge < -0.3 is 20.8 Å². The van der Waals surface area contributed by atoms with E-state index in [-0.39, 0.29) is 24.3 Å². The van der Waals surface area contributed by atoms with Crippen LogP contribution in [0.15, 0.2) is 24.3 Å². The second-order valence-electron chi connectivity index (χ2n) is 4.66. The van der Waals surface area contributed by atoms with Crippen molar-refractivity contribution in [2.24, 2.45) is 0 Å². The summed E-state index contributed by atoms with van der Waals surface area (Å²) in [4.78, 5) is 13.7. The molecular formula is C14H18N2O3. The Morgan fingerprint density at radius 1 is 1.53 bits per heavy atom. The maximum absolute atomic E-state index is 12.0. The molecule has 1 saturated heterocycles. The number of nitrogen functional groups attached to an aromatic ring is 1. The van der Waals surface area contributed by atoms with Crippen LogP contribution >= 0.6 is 0 Å². The molecule has 5 nitrogen and oxygen atoms in total. The molecule has 2 rings (SSSR count). The highest BCUT2D eigenvalue weighted by molar-refractivity contribution is 5.93. The summed E-state index contributed by atoms with van der Waals surface area (Å²) >= 11 is 0. The van der Waals surface area contributed by atoms with Crippen LogP contribution in [0, 0.1) is 0 Å². The standard InChI is InChI=1S/C14H18N2O3/c15-13-5-4-12(18)8-10(13)3-6-14(19)16-7-1-2-11(16)9-17/h3-6,8,11,17-18H,1-2,7,9,15H2. The molecule has 1 aliphatic rings. The van der Waals surface area contributed by atoms with Crippen molar-refractivity contribution in [3.8, 4) is 5.75 Å². The number of phenolic OH excluding ortho intramolecular Hbond substituents is 1. The minimum absolute atomic E-state index is 0.00611. The Hall–Kier alpha value is -2.01. The second-order valence-corrected chi connectivity index (χ2v) is 4.66. The molecule has 0 aliphatic carbocycles. The van der Waals surface area contributed by atoms with Gasteiger partial charge in [-0.25, -0.2) is 0 Å². The number of nitrogens with zero attached hydrogens (tertiary/aromatic N) is 1. The second kappa shape index (κ2) is 5.75. The highest BCUT2D eigenvalue weighted by Crippen LogP contribution is 2.21. The van der Waals surface area contributed by atoms with Crippen molar-refractivity contribution in [2.75, 3.05) is 18.9 Å². The summed E-state index contributed by atoms with van der Waals surface area (Å²) in [6.45, 7) is 0.664. The lowest BCUT2D eigenvalue weighted by Crippen LogP contribution is -2.36. The predicted molar refractivity (Wildman–Crippen MR) is 73.4 cm³/mol. The summed E-state index contributed by atoms with van der Waals surface area (Å²) in [5.74, 6) is -0.0324. The quantitative estimate of drug-likeness (QED) is 0.430. The zero-order chi connectivity index (χ0) is 13.8. The first-order valence-corrected chi connectivity index (χ1v) is 6.30. The lowest BCUT2D eigenvalue weighted by atomic mass is 10.1. The fraction of sp³-hybridized carbons (Fsp3) is 0.357. The molecule has 0 spiro atoms. The van der Waals surface area contributed by atoms with Gasteiger partial charge in [0, 0.05) is 23.9 Å². The summed E-state index contributed by atoms with van der Waals surface area (Å²) in [6.07, 6.45) is 4.77. The Morgan fingerprint density at radius 3 is 3.05 bits per heavy atom. The smallest absolute Gasteiger partial charge is 0.246 e. The fourth-order valence-electron chi connectivity index (χ4n) is 2.28. The molecule has 1 heterocycles. The molecule has 1 aliphatic heterocycles. The number of rotatable bonds is 3. The van der Waals surface area contributed by atoms with E-state index in [0.29, 0.717) is 17.8 Å². The molecule has 0 bridgehead atoms. The van der Waals surface area contributed by atoms with E-state index in [0.717, 1.165) is 12.8 Å². The van der Waals surface area contributed by atoms with Crippen LogP contribution in [-0.2, 0) is 4.79 Å². The Labute approximate surface area is 112 Å². The number of phenols is 1. The predicted octanol–water partition coefficient (Wildman–Crippen LogP) is 0.971. The summed E-state index contributed by atoms with van der Waals surface area (Å²) in [5.41, 5.74) is 6.86. The molecule has 1 aromatic carbocycles. The highest BCUT2D eigenvalue weighted by atomic mass is 16.3. The number of carbonyl (C=O) groups excluding carboxylic acids is 1. The number of likely N-dealkylation sites (tertiary alicyclic amines) is 1. The zero-order valence-corrected chi connectivity index (χ0v) is 10.6. The maximum Gasteiger partial charge on any atom is 0.246 e. The highest BCUT2D eigenvalue weighted by Gasteiger charge is 2.26. The van der Waals surface area contributed by atoms with E-state index >= 15 is 0 Å². The Bertz CT molecular complexity index is 499. The molecule has 0 aromatic heterocycles. The Kier molecular flexibility index (Phi) is 4.06. The SMILES string of the molecule is Nc1ccc(O)cc1C=CC(=O)N1CCCC1CO. The van der Waals surface area contributed by atoms with Gasteiger partial charge in [0.2, 0.25) is 5.91 Å². The van der Waals surface area contributed by atoms with E-state index in [9.17, 15) is 15.0 Å². The first-order valence-electron chi connectivity index (χ1n) is 6.30. The topological polar surface area (TPSA) is 86.8 Å². The Morgan fingerprint density at radius 2 is 2.32 bits per heavy atom. The van der Waals surface area contributed by atoms with Gasteiger partial charge in [-0.05, 0) is 37.1 Å². The number of hydrogen-bond acceptors (Lipinski definition) is 4. The molecule has 102 valence electrons. The number of anilines is 1. The summed E-state index contributed by atoms with van der Waals surface area (Å²) in [5, 5.41) is 18.6. The first kappa shape index (κ1) is 13.4. The van der Waals surface area contributed by atoms with Gasteiger partial charge in [-0.1, -0.05) is 0 Å². The van der Waals surface area contributed by atoms with E-state index in [1.54, 1.807) is 17.0 Å². The molecule has 1 atom stereocenters. The number of carbonyl (C=O) groups is 1. The number of aliphatic hydroxyl groups is 1. The summed E-state index contributed by atoms with van der Waals surface area (Å²) in [7, 11) is 0. The van der Waals surface area contributed by atoms with Crippen molar-refractivity contribution in [1.82, 2.24) is 4.90 Å². The van der Waals surface area contributed by atoms with Crippen LogP contribution in [-0.4, -0.2) is 40.2 Å². The Balaban J connectivity index is 2.09. The van der Waals surface area contributed by atoms with Gasteiger partial charge >= 0.3 is 0 Å². The third kappa shape index (κ3) is 3.06. The monoisotopic (exact) mass is 262 g/mol. The van der Waals surface area contributed by atoms with Crippen LogP contribution in [0.25, 0.3) is 6.08 Å². The minimum Gasteiger partial charge on any atom is -0.508 e. The molecular weight excluding hydrogens is 244 g/mol. The fourth-order valence-corrected chi connectivity index (χ4v) is 2.28. The average Bonchev–Trinajstić information content (AvgIpc) is 2.88. The van der Waals surface area contributed by atoms with Crippen LogP contribution in [0.3, 0.4) is 0 Å². The van der Waals surface area contributed by atoms with Gasteiger partial charge in [0.05, 0.1) is 12.6 Å². The molecule has 5 heteroatoms. The van der Waals surface area contributed by atoms with Gasteiger partial charge in [-0.15, -0.1) is 0 Å². The van der Waals surface area contributed by atoms with Crippen molar-refractivity contribution in [3.63, 3.8) is 0 Å². The van der Waals surface area contributed by atoms with Crippen molar-refractivity contribution in [1.29, 1.82) is 0 Å². The molecule has 4 N–H and O–H groups in total. The van der Waals surface area contributed by atoms with Gasteiger partial charge in [0.15, 0.2) is 0 Å². The molecule has 1 aromatic rings. The van der Waals surface area contributed by atoms with E-state index in [1.165, 1.54) is 18.2 Å². The maximum atomic E-state index is 12.0. The first-order chi connectivity index (χ1) is 9.11. The number of benzene rings is 1. The number of amides is 1. The van der Waals surface area contributed by atoms with Crippen LogP contribution in [0.1, 0.15) is 18.4 Å². The third-order valence-corrected chi connectivity index (χ3v) is 3.35. The van der Waals surface area contributed by atoms with E-state index in [4.69, 9.17) is 5.73 Å². The van der Waals surface area contributed by atoms with Crippen LogP contribution in [0.5, 0.6) is 5.75 Å². The largest absolute Gasteiger partial charge is 0.508 e. The van der Waals surface area contributed by atoms with Gasteiger partial charge in [-0.3, -0.25) is 4.79 Å². The molecule has 1 unspecified atom stereocenters. The van der Waals surface area contributed by atoms with E-state index in [1.807, 2.05) is 0 Å². The van der Waals surface area contributed by atoms with Crippen molar-refractivity contribution in [3.05, 3.63) is 29.8 Å². The number of nitrogens with two attached hydrogens (primary N) is 1. The van der Waals surface area contributed by atoms with Crippen molar-refractivity contribution in [2.45, 2.75) is 18.9 Å². The average molecular weight is 262 g/mol. The van der Waals surface area contributed by atoms with E-state index < -0.39 is 0 Å². The third-order valence-electron chi connectivity index (χ3n) is 3.35. The van der Waals surface area contributed by atoms with Crippen molar-refractivity contribution < 1.29 is 15.0 Å².